The van der Waals surface area contributed by atoms with E-state index in [0.29, 0.717) is 6.04 Å². The molecule has 1 saturated carbocycles. The first kappa shape index (κ1) is 18.3. The summed E-state index contributed by atoms with van der Waals surface area (Å²) in [4.78, 5) is 0. The van der Waals surface area contributed by atoms with E-state index in [1.807, 2.05) is 17.1 Å². The van der Waals surface area contributed by atoms with Crippen molar-refractivity contribution in [2.24, 2.45) is 11.7 Å². The molecule has 0 aromatic carbocycles. The molecule has 2 rings (SSSR count). The number of halogens is 1. The highest BCUT2D eigenvalue weighted by atomic mass is 35.5. The molecule has 0 unspecified atom stereocenters. The molecule has 1 aliphatic carbocycles. The number of hydrogen-bond acceptors (Lipinski definition) is 3. The molecule has 122 valence electrons. The molecule has 0 atom stereocenters. The van der Waals surface area contributed by atoms with Gasteiger partial charge < -0.3 is 10.5 Å². The molecule has 1 aromatic rings. The molecule has 0 amide bonds. The minimum Gasteiger partial charge on any atom is -0.490 e. The molecule has 5 heteroatoms. The number of ether oxygens (including phenoxy) is 1. The van der Waals surface area contributed by atoms with Gasteiger partial charge in [0, 0.05) is 12.6 Å². The van der Waals surface area contributed by atoms with Crippen molar-refractivity contribution in [3.05, 3.63) is 12.4 Å². The standard InChI is InChI=1S/C16H29N3O.ClH/c1-2-3-4-5-10-20-16-11-18-19(13-16)12-14-6-8-15(17)9-7-14;/h11,13-15H,2-10,12,17H2,1H3;1H. The van der Waals surface area contributed by atoms with Gasteiger partial charge in [0.1, 0.15) is 0 Å². The fourth-order valence-electron chi connectivity index (χ4n) is 2.87. The van der Waals surface area contributed by atoms with Crippen LogP contribution < -0.4 is 10.5 Å². The predicted octanol–water partition coefficient (Wildman–Crippen LogP) is 3.78. The summed E-state index contributed by atoms with van der Waals surface area (Å²) in [7, 11) is 0. The smallest absolute Gasteiger partial charge is 0.157 e. The monoisotopic (exact) mass is 315 g/mol. The van der Waals surface area contributed by atoms with Crippen molar-refractivity contribution in [2.75, 3.05) is 6.61 Å². The Kier molecular flexibility index (Phi) is 8.77. The lowest BCUT2D eigenvalue weighted by molar-refractivity contribution is 0.283. The maximum Gasteiger partial charge on any atom is 0.157 e. The van der Waals surface area contributed by atoms with Crippen LogP contribution in [-0.4, -0.2) is 22.4 Å². The summed E-state index contributed by atoms with van der Waals surface area (Å²) in [5, 5.41) is 4.40. The zero-order valence-corrected chi connectivity index (χ0v) is 14.0. The van der Waals surface area contributed by atoms with Gasteiger partial charge in [0.2, 0.25) is 0 Å². The van der Waals surface area contributed by atoms with E-state index in [-0.39, 0.29) is 12.4 Å². The molecular weight excluding hydrogens is 286 g/mol. The minimum absolute atomic E-state index is 0. The fourth-order valence-corrected chi connectivity index (χ4v) is 2.87. The van der Waals surface area contributed by atoms with Gasteiger partial charge in [0.05, 0.1) is 19.0 Å². The number of nitrogens with zero attached hydrogens (tertiary/aromatic N) is 2. The Balaban J connectivity index is 0.00000220. The van der Waals surface area contributed by atoms with Gasteiger partial charge in [-0.15, -0.1) is 12.4 Å². The number of unbranched alkanes of at least 4 members (excludes halogenated alkanes) is 3. The summed E-state index contributed by atoms with van der Waals surface area (Å²) < 4.78 is 7.77. The van der Waals surface area contributed by atoms with E-state index in [1.54, 1.807) is 0 Å². The van der Waals surface area contributed by atoms with Crippen LogP contribution in [0.3, 0.4) is 0 Å². The number of aromatic nitrogens is 2. The topological polar surface area (TPSA) is 53.1 Å². The van der Waals surface area contributed by atoms with Gasteiger partial charge in [-0.05, 0) is 38.0 Å². The summed E-state index contributed by atoms with van der Waals surface area (Å²) in [6.07, 6.45) is 13.6. The lowest BCUT2D eigenvalue weighted by Gasteiger charge is -2.25. The maximum atomic E-state index is 5.94. The maximum absolute atomic E-state index is 5.94. The Bertz CT molecular complexity index is 375. The highest BCUT2D eigenvalue weighted by Gasteiger charge is 2.19. The quantitative estimate of drug-likeness (QED) is 0.743. The Morgan fingerprint density at radius 3 is 2.71 bits per heavy atom. The van der Waals surface area contributed by atoms with Gasteiger partial charge in [0.25, 0.3) is 0 Å². The third-order valence-electron chi connectivity index (χ3n) is 4.21. The lowest BCUT2D eigenvalue weighted by atomic mass is 9.86. The largest absolute Gasteiger partial charge is 0.490 e. The van der Waals surface area contributed by atoms with Crippen LogP contribution in [0, 0.1) is 5.92 Å². The van der Waals surface area contributed by atoms with E-state index < -0.39 is 0 Å². The first-order chi connectivity index (χ1) is 9.78. The van der Waals surface area contributed by atoms with Crippen molar-refractivity contribution >= 4 is 12.4 Å². The van der Waals surface area contributed by atoms with Crippen molar-refractivity contribution in [1.29, 1.82) is 0 Å². The van der Waals surface area contributed by atoms with Gasteiger partial charge in [-0.1, -0.05) is 26.2 Å². The molecule has 1 fully saturated rings. The van der Waals surface area contributed by atoms with Gasteiger partial charge >= 0.3 is 0 Å². The zero-order valence-electron chi connectivity index (χ0n) is 13.2. The molecule has 4 nitrogen and oxygen atoms in total. The van der Waals surface area contributed by atoms with Crippen LogP contribution in [0.5, 0.6) is 5.75 Å². The molecule has 2 N–H and O–H groups in total. The summed E-state index contributed by atoms with van der Waals surface area (Å²) in [6.45, 7) is 4.04. The second-order valence-electron chi connectivity index (χ2n) is 6.09. The van der Waals surface area contributed by atoms with E-state index in [1.165, 1.54) is 32.1 Å². The molecule has 1 aromatic heterocycles. The normalized spacial score (nSPS) is 21.8. The molecule has 1 aliphatic rings. The zero-order chi connectivity index (χ0) is 14.2. The van der Waals surface area contributed by atoms with Crippen LogP contribution in [0.4, 0.5) is 0 Å². The van der Waals surface area contributed by atoms with Crippen LogP contribution in [0.2, 0.25) is 0 Å². The third kappa shape index (κ3) is 6.70. The Morgan fingerprint density at radius 1 is 1.24 bits per heavy atom. The number of hydrogen-bond donors (Lipinski definition) is 1. The molecular formula is C16H30ClN3O. The Labute approximate surface area is 134 Å². The summed E-state index contributed by atoms with van der Waals surface area (Å²) in [5.74, 6) is 1.64. The number of nitrogens with two attached hydrogens (primary N) is 1. The second-order valence-corrected chi connectivity index (χ2v) is 6.09. The van der Waals surface area contributed by atoms with Crippen LogP contribution >= 0.6 is 12.4 Å². The highest BCUT2D eigenvalue weighted by Crippen LogP contribution is 2.24. The summed E-state index contributed by atoms with van der Waals surface area (Å²) in [5.41, 5.74) is 5.94. The molecule has 0 radical (unpaired) electrons. The SMILES string of the molecule is CCCCCCOc1cnn(CC2CCC(N)CC2)c1.Cl. The molecule has 0 aliphatic heterocycles. The van der Waals surface area contributed by atoms with Crippen molar-refractivity contribution in [2.45, 2.75) is 70.9 Å². The van der Waals surface area contributed by atoms with Gasteiger partial charge in [-0.2, -0.15) is 5.10 Å². The minimum atomic E-state index is 0. The van der Waals surface area contributed by atoms with E-state index in [9.17, 15) is 0 Å². The predicted molar refractivity (Wildman–Crippen MR) is 89.0 cm³/mol. The van der Waals surface area contributed by atoms with Crippen molar-refractivity contribution in [3.63, 3.8) is 0 Å². The Hall–Kier alpha value is -0.740. The van der Waals surface area contributed by atoms with Gasteiger partial charge in [-0.3, -0.25) is 4.68 Å². The van der Waals surface area contributed by atoms with Crippen molar-refractivity contribution < 1.29 is 4.74 Å². The summed E-state index contributed by atoms with van der Waals surface area (Å²) >= 11 is 0. The van der Waals surface area contributed by atoms with Crippen LogP contribution in [0.25, 0.3) is 0 Å². The van der Waals surface area contributed by atoms with Gasteiger partial charge in [0.15, 0.2) is 5.75 Å². The lowest BCUT2D eigenvalue weighted by Crippen LogP contribution is -2.28. The molecule has 0 spiro atoms. The van der Waals surface area contributed by atoms with E-state index in [2.05, 4.69) is 12.0 Å². The number of rotatable bonds is 8. The van der Waals surface area contributed by atoms with Crippen LogP contribution in [-0.2, 0) is 6.54 Å². The van der Waals surface area contributed by atoms with Crippen LogP contribution in [0.1, 0.15) is 58.3 Å². The molecule has 0 bridgehead atoms. The van der Waals surface area contributed by atoms with Crippen molar-refractivity contribution in [1.82, 2.24) is 9.78 Å². The van der Waals surface area contributed by atoms with Gasteiger partial charge in [-0.25, -0.2) is 0 Å². The highest BCUT2D eigenvalue weighted by molar-refractivity contribution is 5.85. The average molecular weight is 316 g/mol. The summed E-state index contributed by atoms with van der Waals surface area (Å²) in [6, 6.07) is 0.422. The average Bonchev–Trinajstić information content (AvgIpc) is 2.89. The van der Waals surface area contributed by atoms with E-state index in [0.717, 1.165) is 44.1 Å². The Morgan fingerprint density at radius 2 is 2.00 bits per heavy atom. The first-order valence-corrected chi connectivity index (χ1v) is 8.18. The van der Waals surface area contributed by atoms with Crippen molar-refractivity contribution in [3.8, 4) is 5.75 Å². The molecule has 21 heavy (non-hydrogen) atoms. The van der Waals surface area contributed by atoms with E-state index in [4.69, 9.17) is 10.5 Å². The molecule has 1 heterocycles. The van der Waals surface area contributed by atoms with E-state index >= 15 is 0 Å². The van der Waals surface area contributed by atoms with Crippen LogP contribution in [0.15, 0.2) is 12.4 Å². The fraction of sp³-hybridized carbons (Fsp3) is 0.812. The second kappa shape index (κ2) is 10.1. The first-order valence-electron chi connectivity index (χ1n) is 8.18. The third-order valence-corrected chi connectivity index (χ3v) is 4.21. The molecule has 0 saturated heterocycles.